The van der Waals surface area contributed by atoms with Crippen molar-refractivity contribution >= 4 is 17.1 Å². The van der Waals surface area contributed by atoms with Crippen LogP contribution in [0, 0.1) is 0 Å². The summed E-state index contributed by atoms with van der Waals surface area (Å²) < 4.78 is 20.1. The molecule has 0 bridgehead atoms. The molecule has 0 amide bonds. The van der Waals surface area contributed by atoms with Crippen LogP contribution in [0.4, 0.5) is 0 Å². The fourth-order valence-electron chi connectivity index (χ4n) is 0.429. The molecule has 1 aliphatic heterocycles. The third-order valence-corrected chi connectivity index (χ3v) is 3.16. The second kappa shape index (κ2) is 2.40. The third kappa shape index (κ3) is 2.15. The standard InChI is InChI=1S/C4H12O4Si2/c1-9(2)5-7-10(3,4)8-6-9/h1-4H3. The van der Waals surface area contributed by atoms with Crippen LogP contribution in [0.25, 0.3) is 0 Å². The van der Waals surface area contributed by atoms with Gasteiger partial charge in [-0.05, 0) is 26.2 Å². The van der Waals surface area contributed by atoms with E-state index in [1.165, 1.54) is 0 Å². The zero-order valence-corrected chi connectivity index (χ0v) is 8.63. The van der Waals surface area contributed by atoms with Gasteiger partial charge in [0.05, 0.1) is 0 Å². The Morgan fingerprint density at radius 1 is 0.600 bits per heavy atom. The zero-order valence-electron chi connectivity index (χ0n) is 6.63. The van der Waals surface area contributed by atoms with E-state index >= 15 is 0 Å². The molecule has 10 heavy (non-hydrogen) atoms. The summed E-state index contributed by atoms with van der Waals surface area (Å²) in [5, 5.41) is 0. The maximum Gasteiger partial charge on any atom is 0.400 e. The normalized spacial score (nSPS) is 30.0. The Bertz CT molecular complexity index is 107. The van der Waals surface area contributed by atoms with Gasteiger partial charge in [-0.2, -0.15) is 0 Å². The van der Waals surface area contributed by atoms with Crippen LogP contribution in [0.15, 0.2) is 0 Å². The second-order valence-corrected chi connectivity index (χ2v) is 9.40. The van der Waals surface area contributed by atoms with Crippen molar-refractivity contribution in [2.75, 3.05) is 0 Å². The van der Waals surface area contributed by atoms with Crippen LogP contribution in [0.5, 0.6) is 0 Å². The Hall–Kier alpha value is 0.274. The molecule has 0 aromatic carbocycles. The monoisotopic (exact) mass is 180 g/mol. The first-order chi connectivity index (χ1) is 4.41. The van der Waals surface area contributed by atoms with Gasteiger partial charge in [-0.25, -0.2) is 0 Å². The molecule has 1 rings (SSSR count). The molecule has 0 atom stereocenters. The van der Waals surface area contributed by atoms with Gasteiger partial charge in [0, 0.05) is 0 Å². The summed E-state index contributed by atoms with van der Waals surface area (Å²) in [5.74, 6) is 0. The average Bonchev–Trinajstić information content (AvgIpc) is 1.79. The molecule has 1 aliphatic rings. The number of hydrogen-bond acceptors (Lipinski definition) is 4. The summed E-state index contributed by atoms with van der Waals surface area (Å²) in [6.07, 6.45) is 0. The van der Waals surface area contributed by atoms with Crippen LogP contribution in [-0.2, 0) is 18.3 Å². The molecule has 0 aliphatic carbocycles. The molecule has 1 fully saturated rings. The van der Waals surface area contributed by atoms with E-state index in [4.69, 9.17) is 18.3 Å². The smallest absolute Gasteiger partial charge is 0.257 e. The lowest BCUT2D eigenvalue weighted by atomic mass is 11.9. The van der Waals surface area contributed by atoms with Crippen molar-refractivity contribution in [2.45, 2.75) is 26.2 Å². The number of rotatable bonds is 0. The van der Waals surface area contributed by atoms with Gasteiger partial charge in [-0.15, -0.1) is 0 Å². The fourth-order valence-corrected chi connectivity index (χ4v) is 3.70. The quantitative estimate of drug-likeness (QED) is 0.416. The van der Waals surface area contributed by atoms with Crippen molar-refractivity contribution in [3.63, 3.8) is 0 Å². The summed E-state index contributed by atoms with van der Waals surface area (Å²) in [7, 11) is -4.18. The summed E-state index contributed by atoms with van der Waals surface area (Å²) >= 11 is 0. The minimum absolute atomic E-state index is 1.86. The highest BCUT2D eigenvalue weighted by Gasteiger charge is 2.42. The largest absolute Gasteiger partial charge is 0.400 e. The summed E-state index contributed by atoms with van der Waals surface area (Å²) in [6.45, 7) is 7.43. The lowest BCUT2D eigenvalue weighted by Gasteiger charge is -2.33. The van der Waals surface area contributed by atoms with Crippen LogP contribution < -0.4 is 0 Å². The van der Waals surface area contributed by atoms with E-state index in [9.17, 15) is 0 Å². The molecule has 0 aromatic heterocycles. The van der Waals surface area contributed by atoms with Crippen LogP contribution in [0.1, 0.15) is 0 Å². The van der Waals surface area contributed by atoms with Crippen LogP contribution in [0.3, 0.4) is 0 Å². The van der Waals surface area contributed by atoms with Gasteiger partial charge in [-0.3, -0.25) is 18.3 Å². The predicted molar refractivity (Wildman–Crippen MR) is 39.3 cm³/mol. The van der Waals surface area contributed by atoms with Crippen LogP contribution >= 0.6 is 0 Å². The Kier molecular flexibility index (Phi) is 2.01. The molecule has 0 spiro atoms. The van der Waals surface area contributed by atoms with E-state index in [1.807, 2.05) is 26.2 Å². The van der Waals surface area contributed by atoms with E-state index < -0.39 is 17.1 Å². The highest BCUT2D eigenvalue weighted by atomic mass is 28.4. The molecule has 6 heteroatoms. The highest BCUT2D eigenvalue weighted by Crippen LogP contribution is 2.21. The van der Waals surface area contributed by atoms with E-state index in [2.05, 4.69) is 0 Å². The first kappa shape index (κ1) is 8.37. The maximum absolute atomic E-state index is 5.03. The zero-order chi connectivity index (χ0) is 7.83. The molecule has 0 unspecified atom stereocenters. The van der Waals surface area contributed by atoms with Crippen molar-refractivity contribution in [3.05, 3.63) is 0 Å². The second-order valence-electron chi connectivity index (χ2n) is 3.13. The van der Waals surface area contributed by atoms with E-state index in [0.29, 0.717) is 0 Å². The van der Waals surface area contributed by atoms with Crippen molar-refractivity contribution in [2.24, 2.45) is 0 Å². The minimum Gasteiger partial charge on any atom is -0.257 e. The van der Waals surface area contributed by atoms with Crippen molar-refractivity contribution in [1.82, 2.24) is 0 Å². The third-order valence-electron chi connectivity index (χ3n) is 0.886. The number of hydrogen-bond donors (Lipinski definition) is 0. The van der Waals surface area contributed by atoms with Gasteiger partial charge in [0.15, 0.2) is 0 Å². The molecule has 1 saturated heterocycles. The Morgan fingerprint density at radius 3 is 1.00 bits per heavy atom. The summed E-state index contributed by atoms with van der Waals surface area (Å²) in [5.41, 5.74) is 0. The van der Waals surface area contributed by atoms with Crippen molar-refractivity contribution in [3.8, 4) is 0 Å². The topological polar surface area (TPSA) is 36.9 Å². The molecule has 0 aromatic rings. The molecule has 0 N–H and O–H groups in total. The SMILES string of the molecule is C[Si]1(C)OO[Si](C)(C)OO1. The molecule has 1 heterocycles. The average molecular weight is 180 g/mol. The van der Waals surface area contributed by atoms with Gasteiger partial charge in [0.2, 0.25) is 0 Å². The maximum atomic E-state index is 5.03. The predicted octanol–water partition coefficient (Wildman–Crippen LogP) is 1.30. The van der Waals surface area contributed by atoms with E-state index in [-0.39, 0.29) is 0 Å². The van der Waals surface area contributed by atoms with Crippen molar-refractivity contribution < 1.29 is 18.3 Å². The lowest BCUT2D eigenvalue weighted by Crippen LogP contribution is -2.51. The molecule has 0 saturated carbocycles. The molecule has 4 nitrogen and oxygen atoms in total. The first-order valence-corrected chi connectivity index (χ1v) is 8.78. The molecular weight excluding hydrogens is 168 g/mol. The van der Waals surface area contributed by atoms with Gasteiger partial charge in [0.1, 0.15) is 0 Å². The van der Waals surface area contributed by atoms with Gasteiger partial charge >= 0.3 is 17.1 Å². The summed E-state index contributed by atoms with van der Waals surface area (Å²) in [6, 6.07) is 0. The molecular formula is C4H12O4Si2. The van der Waals surface area contributed by atoms with Gasteiger partial charge in [-0.1, -0.05) is 0 Å². The Balaban J connectivity index is 2.46. The Labute approximate surface area is 62.4 Å². The highest BCUT2D eigenvalue weighted by molar-refractivity contribution is 6.69. The van der Waals surface area contributed by atoms with Gasteiger partial charge in [0.25, 0.3) is 0 Å². The van der Waals surface area contributed by atoms with Crippen molar-refractivity contribution in [1.29, 1.82) is 0 Å². The summed E-state index contributed by atoms with van der Waals surface area (Å²) in [4.78, 5) is 0. The van der Waals surface area contributed by atoms with Gasteiger partial charge < -0.3 is 0 Å². The fraction of sp³-hybridized carbons (Fsp3) is 1.00. The molecule has 0 radical (unpaired) electrons. The van der Waals surface area contributed by atoms with Crippen LogP contribution in [0.2, 0.25) is 26.2 Å². The molecule has 60 valence electrons. The first-order valence-electron chi connectivity index (χ1n) is 3.15. The van der Waals surface area contributed by atoms with Crippen LogP contribution in [-0.4, -0.2) is 17.1 Å². The minimum atomic E-state index is -2.09. The van der Waals surface area contributed by atoms with E-state index in [1.54, 1.807) is 0 Å². The Morgan fingerprint density at radius 2 is 0.800 bits per heavy atom. The van der Waals surface area contributed by atoms with E-state index in [0.717, 1.165) is 0 Å². The lowest BCUT2D eigenvalue weighted by molar-refractivity contribution is -0.287.